The molecule has 0 aromatic carbocycles. The maximum atomic E-state index is 12.2. The largest absolute Gasteiger partial charge is 0.444 e. The summed E-state index contributed by atoms with van der Waals surface area (Å²) in [6, 6.07) is 2.04. The molecule has 0 bridgehead atoms. The van der Waals surface area contributed by atoms with E-state index >= 15 is 0 Å². The van der Waals surface area contributed by atoms with Crippen LogP contribution >= 0.6 is 11.3 Å². The lowest BCUT2D eigenvalue weighted by molar-refractivity contribution is 0.0204. The molecule has 3 rings (SSSR count). The molecule has 2 aromatic heterocycles. The van der Waals surface area contributed by atoms with E-state index in [1.54, 1.807) is 22.4 Å². The Morgan fingerprint density at radius 2 is 2.00 bits per heavy atom. The third-order valence-corrected chi connectivity index (χ3v) is 4.87. The van der Waals surface area contributed by atoms with Crippen molar-refractivity contribution in [1.82, 2.24) is 19.9 Å². The van der Waals surface area contributed by atoms with E-state index in [2.05, 4.69) is 15.0 Å². The van der Waals surface area contributed by atoms with Gasteiger partial charge in [0.2, 0.25) is 0 Å². The third-order valence-electron chi connectivity index (χ3n) is 4.07. The number of aryl methyl sites for hydroxylation is 1. The Labute approximate surface area is 152 Å². The Hall–Kier alpha value is -2.02. The van der Waals surface area contributed by atoms with Gasteiger partial charge in [0.25, 0.3) is 0 Å². The van der Waals surface area contributed by atoms with Crippen molar-refractivity contribution in [1.29, 1.82) is 0 Å². The zero-order valence-electron chi connectivity index (χ0n) is 15.2. The molecule has 1 amide bonds. The zero-order chi connectivity index (χ0) is 18.0. The van der Waals surface area contributed by atoms with Crippen molar-refractivity contribution in [3.8, 4) is 10.7 Å². The number of rotatable bonds is 2. The molecular formula is C18H24N4O2S. The molecule has 2 aromatic rings. The molecule has 0 atom stereocenters. The first-order valence-electron chi connectivity index (χ1n) is 8.55. The summed E-state index contributed by atoms with van der Waals surface area (Å²) >= 11 is 1.58. The van der Waals surface area contributed by atoms with E-state index in [1.165, 1.54) is 0 Å². The molecule has 6 nitrogen and oxygen atoms in total. The van der Waals surface area contributed by atoms with Gasteiger partial charge in [-0.25, -0.2) is 19.7 Å². The van der Waals surface area contributed by atoms with Gasteiger partial charge in [-0.15, -0.1) is 11.3 Å². The van der Waals surface area contributed by atoms with Gasteiger partial charge in [0.1, 0.15) is 22.1 Å². The second-order valence-electron chi connectivity index (χ2n) is 7.30. The Balaban J connectivity index is 1.68. The van der Waals surface area contributed by atoms with Gasteiger partial charge in [0.15, 0.2) is 0 Å². The normalized spacial score (nSPS) is 16.1. The minimum atomic E-state index is -0.458. The Morgan fingerprint density at radius 3 is 2.60 bits per heavy atom. The quantitative estimate of drug-likeness (QED) is 0.809. The first kappa shape index (κ1) is 17.8. The number of carbonyl (C=O) groups is 1. The minimum absolute atomic E-state index is 0.228. The van der Waals surface area contributed by atoms with Crippen LogP contribution in [0.1, 0.15) is 51.0 Å². The molecule has 25 heavy (non-hydrogen) atoms. The number of thiazole rings is 1. The van der Waals surface area contributed by atoms with Gasteiger partial charge < -0.3 is 9.64 Å². The number of hydrogen-bond acceptors (Lipinski definition) is 6. The topological polar surface area (TPSA) is 68.2 Å². The molecule has 1 saturated heterocycles. The highest BCUT2D eigenvalue weighted by molar-refractivity contribution is 7.13. The van der Waals surface area contributed by atoms with Crippen molar-refractivity contribution < 1.29 is 9.53 Å². The van der Waals surface area contributed by atoms with E-state index in [-0.39, 0.29) is 6.09 Å². The number of likely N-dealkylation sites (tertiary alicyclic amines) is 1. The lowest BCUT2D eigenvalue weighted by atomic mass is 9.93. The lowest BCUT2D eigenvalue weighted by Crippen LogP contribution is -2.41. The van der Waals surface area contributed by atoms with Crippen LogP contribution in [0.4, 0.5) is 4.79 Å². The summed E-state index contributed by atoms with van der Waals surface area (Å²) < 4.78 is 5.46. The monoisotopic (exact) mass is 360 g/mol. The maximum absolute atomic E-state index is 12.2. The van der Waals surface area contributed by atoms with E-state index in [1.807, 2.05) is 39.1 Å². The lowest BCUT2D eigenvalue weighted by Gasteiger charge is -2.33. The molecule has 0 radical (unpaired) electrons. The van der Waals surface area contributed by atoms with Crippen LogP contribution in [-0.2, 0) is 4.74 Å². The predicted octanol–water partition coefficient (Wildman–Crippen LogP) is 4.02. The van der Waals surface area contributed by atoms with Crippen LogP contribution in [0.3, 0.4) is 0 Å². The number of carbonyl (C=O) groups excluding carboxylic acids is 1. The van der Waals surface area contributed by atoms with Crippen molar-refractivity contribution >= 4 is 17.4 Å². The van der Waals surface area contributed by atoms with Crippen LogP contribution in [0.2, 0.25) is 0 Å². The van der Waals surface area contributed by atoms with Gasteiger partial charge in [-0.1, -0.05) is 0 Å². The smallest absolute Gasteiger partial charge is 0.410 e. The summed E-state index contributed by atoms with van der Waals surface area (Å²) in [6.45, 7) is 8.96. The fraction of sp³-hybridized carbons (Fsp3) is 0.556. The van der Waals surface area contributed by atoms with E-state index in [9.17, 15) is 4.79 Å². The number of amides is 1. The molecule has 7 heteroatoms. The predicted molar refractivity (Wildman–Crippen MR) is 97.7 cm³/mol. The number of hydrogen-bond donors (Lipinski definition) is 0. The summed E-state index contributed by atoms with van der Waals surface area (Å²) in [6.07, 6.45) is 3.32. The highest BCUT2D eigenvalue weighted by atomic mass is 32.1. The first-order valence-corrected chi connectivity index (χ1v) is 9.43. The summed E-state index contributed by atoms with van der Waals surface area (Å²) in [4.78, 5) is 27.5. The molecule has 1 aliphatic heterocycles. The van der Waals surface area contributed by atoms with Crippen LogP contribution in [0.5, 0.6) is 0 Å². The molecule has 0 aliphatic carbocycles. The molecule has 1 aliphatic rings. The van der Waals surface area contributed by atoms with E-state index in [0.717, 1.165) is 35.1 Å². The van der Waals surface area contributed by atoms with Gasteiger partial charge in [0, 0.05) is 36.3 Å². The number of ether oxygens (including phenoxy) is 1. The average molecular weight is 360 g/mol. The second kappa shape index (κ2) is 7.07. The summed E-state index contributed by atoms with van der Waals surface area (Å²) in [5.41, 5.74) is 1.47. The second-order valence-corrected chi connectivity index (χ2v) is 8.20. The first-order chi connectivity index (χ1) is 11.8. The summed E-state index contributed by atoms with van der Waals surface area (Å²) in [7, 11) is 0. The average Bonchev–Trinajstić information content (AvgIpc) is 3.07. The van der Waals surface area contributed by atoms with Crippen molar-refractivity contribution in [2.24, 2.45) is 0 Å². The Bertz CT molecular complexity index is 732. The van der Waals surface area contributed by atoms with Gasteiger partial charge >= 0.3 is 6.09 Å². The highest BCUT2D eigenvalue weighted by Crippen LogP contribution is 2.30. The van der Waals surface area contributed by atoms with Crippen LogP contribution in [0, 0.1) is 6.92 Å². The van der Waals surface area contributed by atoms with Crippen LogP contribution in [0.15, 0.2) is 17.6 Å². The Morgan fingerprint density at radius 1 is 1.28 bits per heavy atom. The molecule has 134 valence electrons. The van der Waals surface area contributed by atoms with Crippen LogP contribution in [0.25, 0.3) is 10.7 Å². The maximum Gasteiger partial charge on any atom is 0.410 e. The molecule has 0 unspecified atom stereocenters. The van der Waals surface area contributed by atoms with Crippen LogP contribution in [-0.4, -0.2) is 44.6 Å². The van der Waals surface area contributed by atoms with Gasteiger partial charge in [-0.3, -0.25) is 0 Å². The molecule has 3 heterocycles. The number of nitrogens with zero attached hydrogens (tertiary/aromatic N) is 4. The summed E-state index contributed by atoms with van der Waals surface area (Å²) in [5.74, 6) is 1.09. The summed E-state index contributed by atoms with van der Waals surface area (Å²) in [5, 5.41) is 2.86. The van der Waals surface area contributed by atoms with E-state index in [4.69, 9.17) is 4.74 Å². The fourth-order valence-electron chi connectivity index (χ4n) is 2.94. The Kier molecular flexibility index (Phi) is 5.03. The SMILES string of the molecule is Cc1nc(-c2nccs2)cc(C2CCN(C(=O)OC(C)(C)C)CC2)n1. The van der Waals surface area contributed by atoms with Crippen molar-refractivity contribution in [3.63, 3.8) is 0 Å². The molecule has 0 spiro atoms. The van der Waals surface area contributed by atoms with E-state index < -0.39 is 5.60 Å². The van der Waals surface area contributed by atoms with Gasteiger partial charge in [0.05, 0.1) is 0 Å². The standard InChI is InChI=1S/C18H24N4O2S/c1-12-20-14(11-15(21-12)16-19-7-10-25-16)13-5-8-22(9-6-13)17(23)24-18(2,3)4/h7,10-11,13H,5-6,8-9H2,1-4H3. The van der Waals surface area contributed by atoms with Gasteiger partial charge in [-0.2, -0.15) is 0 Å². The number of piperidine rings is 1. The van der Waals surface area contributed by atoms with E-state index in [0.29, 0.717) is 19.0 Å². The molecular weight excluding hydrogens is 336 g/mol. The highest BCUT2D eigenvalue weighted by Gasteiger charge is 2.28. The zero-order valence-corrected chi connectivity index (χ0v) is 16.0. The van der Waals surface area contributed by atoms with Crippen LogP contribution < -0.4 is 0 Å². The fourth-order valence-corrected chi connectivity index (χ4v) is 3.54. The molecule has 0 saturated carbocycles. The van der Waals surface area contributed by atoms with Gasteiger partial charge in [-0.05, 0) is 46.6 Å². The molecule has 0 N–H and O–H groups in total. The molecule has 1 fully saturated rings. The van der Waals surface area contributed by atoms with Crippen molar-refractivity contribution in [2.45, 2.75) is 52.1 Å². The number of aromatic nitrogens is 3. The third kappa shape index (κ3) is 4.54. The minimum Gasteiger partial charge on any atom is -0.444 e. The van der Waals surface area contributed by atoms with Crippen molar-refractivity contribution in [3.05, 3.63) is 29.2 Å². The van der Waals surface area contributed by atoms with Crippen molar-refractivity contribution in [2.75, 3.05) is 13.1 Å².